The Morgan fingerprint density at radius 1 is 1.25 bits per heavy atom. The van der Waals surface area contributed by atoms with Gasteiger partial charge < -0.3 is 24.3 Å². The second-order valence-electron chi connectivity index (χ2n) is 7.40. The van der Waals surface area contributed by atoms with Crippen molar-refractivity contribution >= 4 is 16.8 Å². The fraction of sp³-hybridized carbons (Fsp3) is 0.550. The number of morpholine rings is 1. The highest BCUT2D eigenvalue weighted by molar-refractivity contribution is 5.86. The molecule has 28 heavy (non-hydrogen) atoms. The highest BCUT2D eigenvalue weighted by Crippen LogP contribution is 2.29. The van der Waals surface area contributed by atoms with Gasteiger partial charge in [0, 0.05) is 37.8 Å². The first-order chi connectivity index (χ1) is 13.6. The van der Waals surface area contributed by atoms with Crippen LogP contribution in [0.4, 0.5) is 8.78 Å². The van der Waals surface area contributed by atoms with Crippen LogP contribution in [0, 0.1) is 0 Å². The van der Waals surface area contributed by atoms with Crippen LogP contribution in [0.25, 0.3) is 10.9 Å². The summed E-state index contributed by atoms with van der Waals surface area (Å²) in [4.78, 5) is 13.5. The van der Waals surface area contributed by atoms with Crippen molar-refractivity contribution < 1.29 is 23.0 Å². The molecule has 4 rings (SSSR count). The highest BCUT2D eigenvalue weighted by atomic mass is 19.3. The van der Waals surface area contributed by atoms with Gasteiger partial charge in [0.15, 0.2) is 0 Å². The van der Waals surface area contributed by atoms with Gasteiger partial charge in [0.2, 0.25) is 5.91 Å². The van der Waals surface area contributed by atoms with E-state index in [9.17, 15) is 13.6 Å². The second kappa shape index (κ2) is 8.45. The molecule has 3 heterocycles. The van der Waals surface area contributed by atoms with Crippen molar-refractivity contribution in [2.24, 2.45) is 0 Å². The maximum Gasteiger partial charge on any atom is 0.256 e. The van der Waals surface area contributed by atoms with Crippen molar-refractivity contribution in [1.29, 1.82) is 0 Å². The number of hydrogen-bond acceptors (Lipinski definition) is 4. The van der Waals surface area contributed by atoms with Crippen LogP contribution in [0.2, 0.25) is 0 Å². The van der Waals surface area contributed by atoms with E-state index in [-0.39, 0.29) is 31.3 Å². The molecular formula is C20H25F2N3O3. The van der Waals surface area contributed by atoms with Gasteiger partial charge >= 0.3 is 0 Å². The molecule has 2 aliphatic heterocycles. The van der Waals surface area contributed by atoms with Gasteiger partial charge in [-0.05, 0) is 31.0 Å². The quantitative estimate of drug-likeness (QED) is 0.818. The summed E-state index contributed by atoms with van der Waals surface area (Å²) in [5, 5.41) is 3.70. The molecule has 1 aromatic heterocycles. The molecule has 0 bridgehead atoms. The number of amides is 1. The Bertz CT molecular complexity index is 808. The highest BCUT2D eigenvalue weighted by Gasteiger charge is 2.26. The summed E-state index contributed by atoms with van der Waals surface area (Å²) in [6.45, 7) is 3.00. The summed E-state index contributed by atoms with van der Waals surface area (Å²) in [6.07, 6.45) is 1.24. The lowest BCUT2D eigenvalue weighted by molar-refractivity contribution is -0.134. The van der Waals surface area contributed by atoms with Gasteiger partial charge in [-0.3, -0.25) is 4.79 Å². The van der Waals surface area contributed by atoms with E-state index in [1.807, 2.05) is 24.3 Å². The Labute approximate surface area is 162 Å². The number of hydrogen-bond donors (Lipinski definition) is 1. The van der Waals surface area contributed by atoms with Crippen molar-refractivity contribution in [2.75, 3.05) is 32.8 Å². The van der Waals surface area contributed by atoms with E-state index < -0.39 is 6.43 Å². The topological polar surface area (TPSA) is 55.7 Å². The van der Waals surface area contributed by atoms with Gasteiger partial charge in [-0.25, -0.2) is 8.78 Å². The monoisotopic (exact) mass is 393 g/mol. The molecule has 8 heteroatoms. The average molecular weight is 393 g/mol. The molecular weight excluding hydrogens is 368 g/mol. The zero-order valence-corrected chi connectivity index (χ0v) is 15.7. The van der Waals surface area contributed by atoms with Gasteiger partial charge in [0.25, 0.3) is 6.43 Å². The number of likely N-dealkylation sites (tertiary alicyclic amines) is 1. The smallest absolute Gasteiger partial charge is 0.256 e. The lowest BCUT2D eigenvalue weighted by Gasteiger charge is -2.35. The number of nitrogens with zero attached hydrogens (tertiary/aromatic N) is 2. The Hall–Kier alpha value is -2.19. The lowest BCUT2D eigenvalue weighted by Crippen LogP contribution is -2.50. The number of aromatic nitrogens is 1. The third-order valence-electron chi connectivity index (χ3n) is 5.38. The van der Waals surface area contributed by atoms with E-state index in [4.69, 9.17) is 9.47 Å². The molecule has 0 aliphatic carbocycles. The Morgan fingerprint density at radius 3 is 2.79 bits per heavy atom. The van der Waals surface area contributed by atoms with Crippen molar-refractivity contribution in [3.63, 3.8) is 0 Å². The summed E-state index contributed by atoms with van der Waals surface area (Å²) in [6, 6.07) is 7.44. The Balaban J connectivity index is 1.32. The third-order valence-corrected chi connectivity index (χ3v) is 5.38. The van der Waals surface area contributed by atoms with E-state index in [1.165, 1.54) is 0 Å². The minimum absolute atomic E-state index is 0.0403. The molecule has 2 saturated heterocycles. The van der Waals surface area contributed by atoms with E-state index in [2.05, 4.69) is 10.2 Å². The Morgan fingerprint density at radius 2 is 2.07 bits per heavy atom. The first-order valence-electron chi connectivity index (χ1n) is 9.72. The first-order valence-corrected chi connectivity index (χ1v) is 9.72. The van der Waals surface area contributed by atoms with Crippen LogP contribution in [0.3, 0.4) is 0 Å². The van der Waals surface area contributed by atoms with Gasteiger partial charge in [0.1, 0.15) is 18.5 Å². The molecule has 2 aliphatic rings. The number of fused-ring (bicyclic) bond motifs is 1. The predicted molar refractivity (Wildman–Crippen MR) is 101 cm³/mol. The van der Waals surface area contributed by atoms with Crippen molar-refractivity contribution in [3.05, 3.63) is 30.5 Å². The van der Waals surface area contributed by atoms with E-state index in [0.29, 0.717) is 6.54 Å². The van der Waals surface area contributed by atoms with Crippen LogP contribution in [0.15, 0.2) is 30.5 Å². The number of piperidine rings is 1. The van der Waals surface area contributed by atoms with Gasteiger partial charge in [0.05, 0.1) is 18.2 Å². The number of halogens is 2. The molecule has 1 aromatic carbocycles. The molecule has 1 amide bonds. The minimum Gasteiger partial charge on any atom is -0.490 e. The van der Waals surface area contributed by atoms with Crippen molar-refractivity contribution in [2.45, 2.75) is 38.0 Å². The number of rotatable bonds is 6. The maximum atomic E-state index is 12.7. The van der Waals surface area contributed by atoms with Gasteiger partial charge in [-0.2, -0.15) is 0 Å². The SMILES string of the molecule is O=C1COC(CN2CCC(Oc3cccc4c3ccn4CC(F)F)CC2)CN1. The summed E-state index contributed by atoms with van der Waals surface area (Å²) in [7, 11) is 0. The van der Waals surface area contributed by atoms with Crippen LogP contribution in [-0.2, 0) is 16.1 Å². The molecule has 152 valence electrons. The molecule has 1 N–H and O–H groups in total. The van der Waals surface area contributed by atoms with Crippen LogP contribution >= 0.6 is 0 Å². The number of benzene rings is 1. The zero-order valence-electron chi connectivity index (χ0n) is 15.7. The van der Waals surface area contributed by atoms with Crippen LogP contribution in [0.1, 0.15) is 12.8 Å². The molecule has 0 spiro atoms. The van der Waals surface area contributed by atoms with E-state index in [1.54, 1.807) is 10.8 Å². The fourth-order valence-electron chi connectivity index (χ4n) is 3.93. The number of alkyl halides is 2. The molecule has 0 radical (unpaired) electrons. The summed E-state index contributed by atoms with van der Waals surface area (Å²) >= 11 is 0. The molecule has 2 fully saturated rings. The average Bonchev–Trinajstić information content (AvgIpc) is 3.08. The number of nitrogens with one attached hydrogen (secondary N) is 1. The summed E-state index contributed by atoms with van der Waals surface area (Å²) < 4.78 is 38.8. The normalized spacial score (nSPS) is 22.0. The predicted octanol–water partition coefficient (Wildman–Crippen LogP) is 2.26. The van der Waals surface area contributed by atoms with Gasteiger partial charge in [-0.1, -0.05) is 6.07 Å². The molecule has 0 saturated carbocycles. The first kappa shape index (κ1) is 19.1. The van der Waals surface area contributed by atoms with Crippen molar-refractivity contribution in [1.82, 2.24) is 14.8 Å². The van der Waals surface area contributed by atoms with Crippen LogP contribution < -0.4 is 10.1 Å². The van der Waals surface area contributed by atoms with Crippen LogP contribution in [-0.4, -0.2) is 66.8 Å². The summed E-state index contributed by atoms with van der Waals surface area (Å²) in [5.74, 6) is 0.696. The number of carbonyl (C=O) groups excluding carboxylic acids is 1. The van der Waals surface area contributed by atoms with Crippen LogP contribution in [0.5, 0.6) is 5.75 Å². The van der Waals surface area contributed by atoms with E-state index >= 15 is 0 Å². The van der Waals surface area contributed by atoms with Gasteiger partial charge in [-0.15, -0.1) is 0 Å². The fourth-order valence-corrected chi connectivity index (χ4v) is 3.93. The van der Waals surface area contributed by atoms with Crippen molar-refractivity contribution in [3.8, 4) is 5.75 Å². The number of ether oxygens (including phenoxy) is 2. The molecule has 1 unspecified atom stereocenters. The standard InChI is InChI=1S/C20H25F2N3O3/c21-19(22)12-25-9-6-16-17(25)2-1-3-18(16)28-14-4-7-24(8-5-14)11-15-10-23-20(26)13-27-15/h1-3,6,9,14-15,19H,4-5,7-8,10-13H2,(H,23,26). The summed E-state index contributed by atoms with van der Waals surface area (Å²) in [5.41, 5.74) is 0.770. The maximum absolute atomic E-state index is 12.7. The minimum atomic E-state index is -2.38. The molecule has 6 nitrogen and oxygen atoms in total. The third kappa shape index (κ3) is 4.44. The Kier molecular flexibility index (Phi) is 5.77. The molecule has 1 atom stereocenters. The lowest BCUT2D eigenvalue weighted by atomic mass is 10.1. The molecule has 2 aromatic rings. The zero-order chi connectivity index (χ0) is 19.5. The van der Waals surface area contributed by atoms with E-state index in [0.717, 1.165) is 49.1 Å². The second-order valence-corrected chi connectivity index (χ2v) is 7.40. The number of carbonyl (C=O) groups is 1. The largest absolute Gasteiger partial charge is 0.490 e.